The van der Waals surface area contributed by atoms with Gasteiger partial charge < -0.3 is 13.7 Å². The van der Waals surface area contributed by atoms with Crippen molar-refractivity contribution in [1.82, 2.24) is 18.7 Å². The van der Waals surface area contributed by atoms with Crippen LogP contribution in [0.1, 0.15) is 0 Å². The molecule has 0 radical (unpaired) electrons. The van der Waals surface area contributed by atoms with Crippen LogP contribution in [0.2, 0.25) is 0 Å². The molecular formula is C53H34N4O2S. The fourth-order valence-electron chi connectivity index (χ4n) is 9.19. The Bertz CT molecular complexity index is 3490. The van der Waals surface area contributed by atoms with Crippen molar-refractivity contribution in [1.29, 1.82) is 0 Å². The van der Waals surface area contributed by atoms with Gasteiger partial charge in [0.25, 0.3) is 0 Å². The maximum absolute atomic E-state index is 13.3. The quantitative estimate of drug-likeness (QED) is 0.168. The largest absolute Gasteiger partial charge is 0.309 e. The molecule has 7 heteroatoms. The van der Waals surface area contributed by atoms with Crippen LogP contribution in [0.15, 0.2) is 216 Å². The van der Waals surface area contributed by atoms with Crippen molar-refractivity contribution >= 4 is 75.3 Å². The number of hydrogen-bond donors (Lipinski definition) is 0. The van der Waals surface area contributed by atoms with Gasteiger partial charge in [-0.25, -0.2) is 8.42 Å². The Labute approximate surface area is 345 Å². The summed E-state index contributed by atoms with van der Waals surface area (Å²) >= 11 is 0. The molecule has 0 amide bonds. The fourth-order valence-corrected chi connectivity index (χ4v) is 10.5. The number of fused-ring (bicyclic) bond motifs is 9. The monoisotopic (exact) mass is 790 g/mol. The van der Waals surface area contributed by atoms with Crippen molar-refractivity contribution in [3.63, 3.8) is 0 Å². The van der Waals surface area contributed by atoms with Gasteiger partial charge in [0.1, 0.15) is 0 Å². The summed E-state index contributed by atoms with van der Waals surface area (Å²) in [6, 6.07) is 67.6. The predicted octanol–water partition coefficient (Wildman–Crippen LogP) is 12.9. The van der Waals surface area contributed by atoms with E-state index in [1.807, 2.05) is 30.5 Å². The Hall–Kier alpha value is -7.74. The molecule has 0 aliphatic carbocycles. The average Bonchev–Trinajstić information content (AvgIpc) is 3.95. The highest BCUT2D eigenvalue weighted by atomic mass is 32.2. The summed E-state index contributed by atoms with van der Waals surface area (Å²) < 4.78 is 33.6. The Morgan fingerprint density at radius 1 is 0.333 bits per heavy atom. The summed E-state index contributed by atoms with van der Waals surface area (Å²) in [6.07, 6.45) is 1.91. The molecule has 60 heavy (non-hydrogen) atoms. The number of benzene rings is 8. The van der Waals surface area contributed by atoms with Gasteiger partial charge >= 0.3 is 0 Å². The van der Waals surface area contributed by atoms with E-state index in [1.165, 1.54) is 43.6 Å². The smallest absolute Gasteiger partial charge is 0.206 e. The summed E-state index contributed by atoms with van der Waals surface area (Å²) in [4.78, 5) is 5.47. The third-order valence-electron chi connectivity index (χ3n) is 11.9. The van der Waals surface area contributed by atoms with Crippen LogP contribution in [-0.4, -0.2) is 27.1 Å². The first-order chi connectivity index (χ1) is 29.5. The summed E-state index contributed by atoms with van der Waals surface area (Å²) in [7, 11) is -3.62. The molecule has 0 N–H and O–H groups in total. The highest BCUT2D eigenvalue weighted by molar-refractivity contribution is 7.91. The molecular weight excluding hydrogens is 757 g/mol. The van der Waals surface area contributed by atoms with E-state index in [2.05, 4.69) is 153 Å². The molecule has 0 saturated heterocycles. The van der Waals surface area contributed by atoms with Crippen molar-refractivity contribution in [3.8, 4) is 28.3 Å². The molecule has 0 spiro atoms. The normalized spacial score (nSPS) is 12.1. The fraction of sp³-hybridized carbons (Fsp3) is 0. The molecule has 6 nitrogen and oxygen atoms in total. The maximum atomic E-state index is 13.3. The van der Waals surface area contributed by atoms with Gasteiger partial charge in [-0.2, -0.15) is 0 Å². The molecule has 0 saturated carbocycles. The Morgan fingerprint density at radius 3 is 1.17 bits per heavy atom. The van der Waals surface area contributed by atoms with Gasteiger partial charge in [-0.15, -0.1) is 0 Å². The molecule has 0 aliphatic heterocycles. The van der Waals surface area contributed by atoms with E-state index in [4.69, 9.17) is 4.98 Å². The molecule has 284 valence electrons. The lowest BCUT2D eigenvalue weighted by molar-refractivity contribution is 0.596. The number of hydrogen-bond acceptors (Lipinski definition) is 3. The van der Waals surface area contributed by atoms with Crippen molar-refractivity contribution in [2.75, 3.05) is 0 Å². The van der Waals surface area contributed by atoms with Gasteiger partial charge in [0.2, 0.25) is 9.84 Å². The number of rotatable bonds is 6. The second-order valence-electron chi connectivity index (χ2n) is 15.2. The number of sulfone groups is 1. The zero-order valence-electron chi connectivity index (χ0n) is 32.1. The Balaban J connectivity index is 1.04. The first-order valence-electron chi connectivity index (χ1n) is 20.0. The lowest BCUT2D eigenvalue weighted by Gasteiger charge is -2.11. The van der Waals surface area contributed by atoms with Crippen molar-refractivity contribution < 1.29 is 8.42 Å². The van der Waals surface area contributed by atoms with E-state index in [9.17, 15) is 8.42 Å². The molecule has 4 heterocycles. The second kappa shape index (κ2) is 13.1. The van der Waals surface area contributed by atoms with Crippen LogP contribution in [0.3, 0.4) is 0 Å². The number of aromatic nitrogens is 4. The standard InChI is InChI=1S/C53H34N4O2S/c58-60(59,39-12-2-1-3-13-39)40-27-22-35(23-28-40)47-29-24-38(34-54-47)57-52-30-25-36(55-48-18-8-4-14-41(48)42-15-5-9-19-49(42)55)32-45(52)46-33-37(26-31-53(46)57)56-50-20-10-6-16-43(50)44-17-7-11-21-51(44)56/h1-34H. The summed E-state index contributed by atoms with van der Waals surface area (Å²) in [6.45, 7) is 0. The average molecular weight is 791 g/mol. The van der Waals surface area contributed by atoms with Crippen LogP contribution >= 0.6 is 0 Å². The van der Waals surface area contributed by atoms with Crippen LogP contribution in [0.4, 0.5) is 0 Å². The predicted molar refractivity (Wildman–Crippen MR) is 245 cm³/mol. The molecule has 0 aliphatic rings. The van der Waals surface area contributed by atoms with E-state index in [0.717, 1.165) is 50.1 Å². The third-order valence-corrected chi connectivity index (χ3v) is 13.7. The number of nitrogens with zero attached hydrogens (tertiary/aromatic N) is 4. The lowest BCUT2D eigenvalue weighted by Crippen LogP contribution is -2.01. The summed E-state index contributed by atoms with van der Waals surface area (Å²) in [5, 5.41) is 7.16. The van der Waals surface area contributed by atoms with E-state index in [1.54, 1.807) is 36.4 Å². The molecule has 12 rings (SSSR count). The van der Waals surface area contributed by atoms with Crippen molar-refractivity contribution in [3.05, 3.63) is 206 Å². The SMILES string of the molecule is O=S(=O)(c1ccccc1)c1ccc(-c2ccc(-n3c4ccc(-n5c6ccccc6c6ccccc65)cc4c4cc(-n5c6ccccc6c6ccccc65)ccc43)cn2)cc1. The van der Waals surface area contributed by atoms with Crippen molar-refractivity contribution in [2.24, 2.45) is 0 Å². The topological polar surface area (TPSA) is 61.8 Å². The second-order valence-corrected chi connectivity index (χ2v) is 17.2. The highest BCUT2D eigenvalue weighted by Gasteiger charge is 2.20. The van der Waals surface area contributed by atoms with Crippen LogP contribution in [0.25, 0.3) is 93.7 Å². The molecule has 0 unspecified atom stereocenters. The third kappa shape index (κ3) is 5.13. The summed E-state index contributed by atoms with van der Waals surface area (Å²) in [5.41, 5.74) is 11.5. The van der Waals surface area contributed by atoms with E-state index in [-0.39, 0.29) is 9.79 Å². The van der Waals surface area contributed by atoms with Crippen LogP contribution in [-0.2, 0) is 9.84 Å². The van der Waals surface area contributed by atoms with Gasteiger partial charge in [-0.05, 0) is 97.1 Å². The molecule has 12 aromatic rings. The molecule has 0 fully saturated rings. The van der Waals surface area contributed by atoms with E-state index >= 15 is 0 Å². The van der Waals surface area contributed by atoms with Gasteiger partial charge in [0.05, 0.1) is 60.5 Å². The molecule has 0 bridgehead atoms. The summed E-state index contributed by atoms with van der Waals surface area (Å²) in [5.74, 6) is 0. The minimum atomic E-state index is -3.62. The maximum Gasteiger partial charge on any atom is 0.206 e. The first-order valence-corrected chi connectivity index (χ1v) is 21.4. The van der Waals surface area contributed by atoms with E-state index in [0.29, 0.717) is 0 Å². The first kappa shape index (κ1) is 34.3. The lowest BCUT2D eigenvalue weighted by atomic mass is 10.1. The zero-order chi connectivity index (χ0) is 40.0. The van der Waals surface area contributed by atoms with Crippen LogP contribution in [0.5, 0.6) is 0 Å². The van der Waals surface area contributed by atoms with E-state index < -0.39 is 9.84 Å². The number of para-hydroxylation sites is 4. The van der Waals surface area contributed by atoms with Gasteiger partial charge in [-0.1, -0.05) is 103 Å². The number of pyridine rings is 1. The zero-order valence-corrected chi connectivity index (χ0v) is 33.0. The van der Waals surface area contributed by atoms with Crippen molar-refractivity contribution in [2.45, 2.75) is 9.79 Å². The van der Waals surface area contributed by atoms with Gasteiger partial charge in [0, 0.05) is 49.3 Å². The molecule has 4 aromatic heterocycles. The minimum Gasteiger partial charge on any atom is -0.309 e. The highest BCUT2D eigenvalue weighted by Crippen LogP contribution is 2.39. The molecule has 8 aromatic carbocycles. The van der Waals surface area contributed by atoms with Gasteiger partial charge in [-0.3, -0.25) is 4.98 Å². The minimum absolute atomic E-state index is 0.250. The van der Waals surface area contributed by atoms with Crippen LogP contribution < -0.4 is 0 Å². The van der Waals surface area contributed by atoms with Gasteiger partial charge in [0.15, 0.2) is 0 Å². The molecule has 0 atom stereocenters. The Kier molecular flexibility index (Phi) is 7.52. The van der Waals surface area contributed by atoms with Crippen LogP contribution in [0, 0.1) is 0 Å². The Morgan fingerprint density at radius 2 is 0.717 bits per heavy atom.